The van der Waals surface area contributed by atoms with E-state index >= 15 is 0 Å². The first-order chi connectivity index (χ1) is 24.2. The number of unbranched alkanes of at least 4 members (excludes halogenated alkanes) is 1. The maximum absolute atomic E-state index is 12.9. The molecule has 54 heavy (non-hydrogen) atoms. The molecule has 0 aliphatic rings. The second kappa shape index (κ2) is 30.6. The first-order valence-corrected chi connectivity index (χ1v) is 26.6. The maximum Gasteiger partial charge on any atom is 1.00 e. The van der Waals surface area contributed by atoms with Gasteiger partial charge in [0.15, 0.2) is 32.9 Å². The average Bonchev–Trinajstić information content (AvgIpc) is 3.07. The summed E-state index contributed by atoms with van der Waals surface area (Å²) in [6.45, 7) is 30.1. The molecule has 0 N–H and O–H groups in total. The van der Waals surface area contributed by atoms with Gasteiger partial charge in [-0.1, -0.05) is 54.4 Å². The minimum Gasteiger partial charge on any atom is -0.743 e. The van der Waals surface area contributed by atoms with Gasteiger partial charge in [0, 0.05) is 6.61 Å². The van der Waals surface area contributed by atoms with Crippen molar-refractivity contribution in [2.24, 2.45) is 17.3 Å². The van der Waals surface area contributed by atoms with Crippen LogP contribution < -0.4 is 29.6 Å². The molecular weight excluding hydrogens is 774 g/mol. The number of hydrogen-bond acceptors (Lipinski definition) is 12. The van der Waals surface area contributed by atoms with Crippen LogP contribution in [0.2, 0.25) is 38.3 Å². The molecule has 0 aliphatic carbocycles. The topological polar surface area (TPSA) is 164 Å². The second-order valence-corrected chi connectivity index (χ2v) is 25.2. The Hall–Kier alpha value is -0.506. The van der Waals surface area contributed by atoms with Crippen LogP contribution in [0.5, 0.6) is 0 Å². The van der Waals surface area contributed by atoms with Crippen LogP contribution in [0.3, 0.4) is 0 Å². The molecular formula is C36H73F2NaO12SSi2. The van der Waals surface area contributed by atoms with Crippen LogP contribution in [0.25, 0.3) is 0 Å². The van der Waals surface area contributed by atoms with Crippen molar-refractivity contribution in [2.45, 2.75) is 157 Å². The summed E-state index contributed by atoms with van der Waals surface area (Å²) in [7, 11) is -9.01. The predicted octanol–water partition coefficient (Wildman–Crippen LogP) is 5.32. The average molecular weight is 847 g/mol. The Morgan fingerprint density at radius 1 is 0.722 bits per heavy atom. The third kappa shape index (κ3) is 28.8. The summed E-state index contributed by atoms with van der Waals surface area (Å²) in [5, 5.41) is -4.61. The smallest absolute Gasteiger partial charge is 0.743 e. The Labute approximate surface area is 350 Å². The summed E-state index contributed by atoms with van der Waals surface area (Å²) >= 11 is 0. The normalized spacial score (nSPS) is 13.8. The van der Waals surface area contributed by atoms with E-state index in [2.05, 4.69) is 37.8 Å². The van der Waals surface area contributed by atoms with E-state index in [1.807, 2.05) is 41.5 Å². The van der Waals surface area contributed by atoms with Gasteiger partial charge in [-0.25, -0.2) is 8.42 Å². The quantitative estimate of drug-likeness (QED) is 0.0383. The SMILES string of the molecule is CCC(C)C(=O)OC(C)C(F)(F)S(=O)(=O)[O-].CCCC[Si](C)(C)O[Si](C)(C)CCCOC(=O)C(C)(C)CC.CCOCCOCCOC(=O)C(C)CC.[Na+]. The van der Waals surface area contributed by atoms with E-state index in [9.17, 15) is 36.1 Å². The van der Waals surface area contributed by atoms with Crippen molar-refractivity contribution in [1.29, 1.82) is 0 Å². The predicted molar refractivity (Wildman–Crippen MR) is 208 cm³/mol. The number of alkyl halides is 2. The zero-order valence-corrected chi connectivity index (χ0v) is 41.0. The molecule has 3 unspecified atom stereocenters. The zero-order chi connectivity index (χ0) is 42.1. The molecule has 0 saturated carbocycles. The largest absolute Gasteiger partial charge is 1.00 e. The summed E-state index contributed by atoms with van der Waals surface area (Å²) in [6, 6.07) is 2.31. The third-order valence-electron chi connectivity index (χ3n) is 8.45. The molecule has 0 aliphatic heterocycles. The van der Waals surface area contributed by atoms with Crippen LogP contribution >= 0.6 is 0 Å². The Kier molecular flexibility index (Phi) is 34.0. The number of ether oxygens (including phenoxy) is 5. The number of rotatable bonds is 25. The minimum absolute atomic E-state index is 0. The van der Waals surface area contributed by atoms with Crippen molar-refractivity contribution < 1.29 is 93.5 Å². The molecule has 0 aromatic heterocycles. The fourth-order valence-electron chi connectivity index (χ4n) is 4.06. The Bertz CT molecular complexity index is 1130. The van der Waals surface area contributed by atoms with Gasteiger partial charge in [-0.3, -0.25) is 14.4 Å². The number of carbonyl (C=O) groups excluding carboxylic acids is 3. The van der Waals surface area contributed by atoms with Crippen LogP contribution in [0.15, 0.2) is 0 Å². The van der Waals surface area contributed by atoms with Gasteiger partial charge >= 0.3 is 52.7 Å². The van der Waals surface area contributed by atoms with Crippen LogP contribution in [0, 0.1) is 17.3 Å². The molecule has 0 amide bonds. The van der Waals surface area contributed by atoms with Gasteiger partial charge in [-0.05, 0) is 91.7 Å². The molecule has 18 heteroatoms. The van der Waals surface area contributed by atoms with Gasteiger partial charge in [-0.15, -0.1) is 0 Å². The molecule has 0 rings (SSSR count). The van der Waals surface area contributed by atoms with Crippen molar-refractivity contribution in [3.8, 4) is 0 Å². The van der Waals surface area contributed by atoms with Gasteiger partial charge in [0.25, 0.3) is 0 Å². The summed E-state index contributed by atoms with van der Waals surface area (Å²) in [6.07, 6.45) is 3.12. The molecule has 0 radical (unpaired) electrons. The molecule has 0 saturated heterocycles. The molecule has 3 atom stereocenters. The van der Waals surface area contributed by atoms with Crippen molar-refractivity contribution in [3.63, 3.8) is 0 Å². The zero-order valence-electron chi connectivity index (χ0n) is 36.2. The minimum atomic E-state index is -5.84. The van der Waals surface area contributed by atoms with Crippen LogP contribution in [-0.4, -0.2) is 98.5 Å². The van der Waals surface area contributed by atoms with Crippen molar-refractivity contribution in [3.05, 3.63) is 0 Å². The van der Waals surface area contributed by atoms with Gasteiger partial charge in [-0.2, -0.15) is 8.78 Å². The van der Waals surface area contributed by atoms with Crippen molar-refractivity contribution in [1.82, 2.24) is 0 Å². The third-order valence-corrected chi connectivity index (χ3v) is 17.0. The molecule has 0 aromatic rings. The Morgan fingerprint density at radius 3 is 1.63 bits per heavy atom. The van der Waals surface area contributed by atoms with E-state index in [1.54, 1.807) is 6.92 Å². The summed E-state index contributed by atoms with van der Waals surface area (Å²) in [5.41, 5.74) is -0.363. The number of hydrogen-bond donors (Lipinski definition) is 0. The summed E-state index contributed by atoms with van der Waals surface area (Å²) in [4.78, 5) is 34.2. The van der Waals surface area contributed by atoms with E-state index in [0.717, 1.165) is 25.3 Å². The van der Waals surface area contributed by atoms with Gasteiger partial charge in [0.1, 0.15) is 6.61 Å². The van der Waals surface area contributed by atoms with Crippen LogP contribution in [-0.2, 0) is 52.3 Å². The van der Waals surface area contributed by atoms with E-state index in [4.69, 9.17) is 23.1 Å². The fraction of sp³-hybridized carbons (Fsp3) is 0.917. The molecule has 318 valence electrons. The Balaban J connectivity index is -0.000000352. The summed E-state index contributed by atoms with van der Waals surface area (Å²) in [5.74, 6) is -1.83. The number of esters is 3. The van der Waals surface area contributed by atoms with Crippen LogP contribution in [0.4, 0.5) is 8.78 Å². The first kappa shape index (κ1) is 60.2. The molecule has 0 bridgehead atoms. The molecule has 12 nitrogen and oxygen atoms in total. The maximum atomic E-state index is 12.9. The monoisotopic (exact) mass is 846 g/mol. The van der Waals surface area contributed by atoms with Gasteiger partial charge < -0.3 is 32.4 Å². The van der Waals surface area contributed by atoms with E-state index < -0.39 is 50.0 Å². The summed E-state index contributed by atoms with van der Waals surface area (Å²) < 4.78 is 87.9. The first-order valence-electron chi connectivity index (χ1n) is 18.9. The molecule has 0 fully saturated rings. The molecule has 0 aromatic carbocycles. The van der Waals surface area contributed by atoms with E-state index in [1.165, 1.54) is 25.8 Å². The standard InChI is InChI=1S/C17H38O3Si2.C11H22O4.C8H14F2O5S.Na/c1-9-11-14-21(5,6)20-22(7,8)15-12-13-19-16(18)17(3,4)10-2;1-4-10(3)11(12)15-9-8-14-7-6-13-5-2;1-4-5(2)7(11)15-6(3)8(9,10)16(12,13)14;/h9-15H2,1-8H3;10H,4-9H2,1-3H3;5-6H,4H2,1-3H3,(H,12,13,14);/q;;;+1/p-1. The van der Waals surface area contributed by atoms with E-state index in [0.29, 0.717) is 53.0 Å². The van der Waals surface area contributed by atoms with Crippen molar-refractivity contribution in [2.75, 3.05) is 39.6 Å². The van der Waals surface area contributed by atoms with Crippen LogP contribution in [0.1, 0.15) is 108 Å². The van der Waals surface area contributed by atoms with Crippen molar-refractivity contribution >= 4 is 44.7 Å². The van der Waals surface area contributed by atoms with Gasteiger partial charge in [0.05, 0.1) is 43.7 Å². The molecule has 0 heterocycles. The second-order valence-electron chi connectivity index (χ2n) is 14.9. The molecule has 0 spiro atoms. The number of halogens is 2. The van der Waals surface area contributed by atoms with Gasteiger partial charge in [0.2, 0.25) is 0 Å². The van der Waals surface area contributed by atoms with E-state index in [-0.39, 0.29) is 52.8 Å². The number of carbonyl (C=O) groups is 3. The Morgan fingerprint density at radius 2 is 1.19 bits per heavy atom. The fourth-order valence-corrected chi connectivity index (χ4v) is 13.5.